The van der Waals surface area contributed by atoms with Crippen LogP contribution in [-0.4, -0.2) is 24.0 Å². The van der Waals surface area contributed by atoms with E-state index in [1.807, 2.05) is 6.08 Å². The summed E-state index contributed by atoms with van der Waals surface area (Å²) >= 11 is 0. The van der Waals surface area contributed by atoms with E-state index in [9.17, 15) is 4.79 Å². The summed E-state index contributed by atoms with van der Waals surface area (Å²) in [5.41, 5.74) is 2.64. The third kappa shape index (κ3) is 17.5. The number of allylic oxidation sites excluding steroid dienone is 1. The second kappa shape index (κ2) is 21.9. The summed E-state index contributed by atoms with van der Waals surface area (Å²) < 4.78 is 11.6. The molecule has 1 fully saturated rings. The lowest BCUT2D eigenvalue weighted by molar-refractivity contribution is -0.139. The summed E-state index contributed by atoms with van der Waals surface area (Å²) in [5.74, 6) is -0.159. The first-order chi connectivity index (χ1) is 19.0. The second-order valence-corrected chi connectivity index (χ2v) is 11.9. The van der Waals surface area contributed by atoms with E-state index >= 15 is 0 Å². The van der Waals surface area contributed by atoms with E-state index < -0.39 is 5.97 Å². The molecule has 1 aromatic carbocycles. The predicted molar refractivity (Wildman–Crippen MR) is 163 cm³/mol. The predicted octanol–water partition coefficient (Wildman–Crippen LogP) is 10.4. The number of carbonyl (C=O) groups is 1. The van der Waals surface area contributed by atoms with Gasteiger partial charge in [-0.1, -0.05) is 114 Å². The zero-order chi connectivity index (χ0) is 28.0. The molecule has 1 N–H and O–H groups in total. The Kier molecular flexibility index (Phi) is 18.8. The van der Waals surface area contributed by atoms with Gasteiger partial charge in [0.2, 0.25) is 0 Å². The normalized spacial score (nSPS) is 16.8. The number of hydrogen-bond acceptors (Lipinski definition) is 3. The van der Waals surface area contributed by atoms with Crippen LogP contribution in [0.3, 0.4) is 0 Å². The van der Waals surface area contributed by atoms with E-state index in [2.05, 4.69) is 31.2 Å². The Bertz CT molecular complexity index is 763. The molecule has 0 radical (unpaired) electrons. The van der Waals surface area contributed by atoms with Crippen molar-refractivity contribution in [2.75, 3.05) is 6.61 Å². The van der Waals surface area contributed by atoms with Crippen LogP contribution in [0, 0.1) is 5.92 Å². The summed E-state index contributed by atoms with van der Waals surface area (Å²) in [6, 6.07) is 8.63. The maximum absolute atomic E-state index is 10.9. The molecule has 0 bridgehead atoms. The zero-order valence-corrected chi connectivity index (χ0v) is 25.3. The SMILES string of the molecule is C/C(=C\[C@@H](C)C(=O)O)CCCCCCCCCCCCCCCCCCc1ccc(OC2CCCCO2)cc1. The monoisotopic (exact) mass is 542 g/mol. The molecule has 1 heterocycles. The highest BCUT2D eigenvalue weighted by molar-refractivity contribution is 5.71. The Morgan fingerprint density at radius 3 is 1.85 bits per heavy atom. The fraction of sp³-hybridized carbons (Fsp3) is 0.743. The lowest BCUT2D eigenvalue weighted by Gasteiger charge is -2.23. The summed E-state index contributed by atoms with van der Waals surface area (Å²) in [5, 5.41) is 8.97. The molecule has 0 aromatic heterocycles. The van der Waals surface area contributed by atoms with Gasteiger partial charge in [0.25, 0.3) is 0 Å². The van der Waals surface area contributed by atoms with Gasteiger partial charge in [0.15, 0.2) is 6.29 Å². The number of ether oxygens (including phenoxy) is 2. The third-order valence-electron chi connectivity index (χ3n) is 8.04. The van der Waals surface area contributed by atoms with Crippen LogP contribution in [0.25, 0.3) is 0 Å². The van der Waals surface area contributed by atoms with Crippen molar-refractivity contribution in [3.8, 4) is 5.75 Å². The van der Waals surface area contributed by atoms with Crippen molar-refractivity contribution in [1.29, 1.82) is 0 Å². The maximum Gasteiger partial charge on any atom is 0.310 e. The van der Waals surface area contributed by atoms with E-state index in [1.54, 1.807) is 6.92 Å². The van der Waals surface area contributed by atoms with Gasteiger partial charge < -0.3 is 14.6 Å². The Balaban J connectivity index is 1.29. The van der Waals surface area contributed by atoms with Gasteiger partial charge in [-0.3, -0.25) is 4.79 Å². The van der Waals surface area contributed by atoms with Gasteiger partial charge in [-0.2, -0.15) is 0 Å². The largest absolute Gasteiger partial charge is 0.481 e. The second-order valence-electron chi connectivity index (χ2n) is 11.9. The summed E-state index contributed by atoms with van der Waals surface area (Å²) in [4.78, 5) is 10.9. The topological polar surface area (TPSA) is 55.8 Å². The first-order valence-electron chi connectivity index (χ1n) is 16.3. The number of carboxylic acids is 1. The molecule has 0 aliphatic carbocycles. The van der Waals surface area contributed by atoms with Gasteiger partial charge in [-0.15, -0.1) is 0 Å². The Morgan fingerprint density at radius 2 is 1.36 bits per heavy atom. The van der Waals surface area contributed by atoms with Gasteiger partial charge in [-0.25, -0.2) is 0 Å². The average Bonchev–Trinajstić information content (AvgIpc) is 2.93. The lowest BCUT2D eigenvalue weighted by atomic mass is 10.0. The summed E-state index contributed by atoms with van der Waals surface area (Å²) in [6.07, 6.45) is 29.1. The Morgan fingerprint density at radius 1 is 0.846 bits per heavy atom. The lowest BCUT2D eigenvalue weighted by Crippen LogP contribution is -2.24. The molecule has 1 saturated heterocycles. The van der Waals surface area contributed by atoms with Crippen molar-refractivity contribution < 1.29 is 19.4 Å². The molecule has 4 nitrogen and oxygen atoms in total. The van der Waals surface area contributed by atoms with Gasteiger partial charge in [0.1, 0.15) is 5.75 Å². The minimum atomic E-state index is -0.730. The fourth-order valence-corrected chi connectivity index (χ4v) is 5.48. The van der Waals surface area contributed by atoms with Crippen molar-refractivity contribution in [2.24, 2.45) is 5.92 Å². The molecule has 39 heavy (non-hydrogen) atoms. The number of aliphatic carboxylic acids is 1. The number of hydrogen-bond donors (Lipinski definition) is 1. The smallest absolute Gasteiger partial charge is 0.310 e. The van der Waals surface area contributed by atoms with Crippen molar-refractivity contribution >= 4 is 5.97 Å². The molecule has 1 unspecified atom stereocenters. The molecule has 1 aliphatic heterocycles. The van der Waals surface area contributed by atoms with E-state index in [1.165, 1.54) is 127 Å². The van der Waals surface area contributed by atoms with E-state index in [4.69, 9.17) is 14.6 Å². The summed E-state index contributed by atoms with van der Waals surface area (Å²) in [7, 11) is 0. The number of rotatable bonds is 23. The van der Waals surface area contributed by atoms with Crippen LogP contribution in [0.1, 0.15) is 148 Å². The van der Waals surface area contributed by atoms with Crippen LogP contribution in [0.5, 0.6) is 5.75 Å². The van der Waals surface area contributed by atoms with E-state index in [-0.39, 0.29) is 12.2 Å². The highest BCUT2D eigenvalue weighted by Gasteiger charge is 2.15. The average molecular weight is 543 g/mol. The Hall–Kier alpha value is -1.81. The van der Waals surface area contributed by atoms with Crippen LogP contribution < -0.4 is 4.74 Å². The van der Waals surface area contributed by atoms with Crippen molar-refractivity contribution in [3.05, 3.63) is 41.5 Å². The van der Waals surface area contributed by atoms with E-state index in [0.717, 1.165) is 31.6 Å². The molecular weight excluding hydrogens is 484 g/mol. The highest BCUT2D eigenvalue weighted by atomic mass is 16.7. The highest BCUT2D eigenvalue weighted by Crippen LogP contribution is 2.21. The molecule has 222 valence electrons. The van der Waals surface area contributed by atoms with Crippen LogP contribution in [0.15, 0.2) is 35.9 Å². The molecular formula is C35H58O4. The number of benzene rings is 1. The van der Waals surface area contributed by atoms with Gasteiger partial charge >= 0.3 is 5.97 Å². The van der Waals surface area contributed by atoms with Crippen LogP contribution in [0.4, 0.5) is 0 Å². The molecule has 2 rings (SSSR count). The molecule has 4 heteroatoms. The molecule has 0 amide bonds. The molecule has 0 saturated carbocycles. The molecule has 1 aliphatic rings. The van der Waals surface area contributed by atoms with Crippen LogP contribution >= 0.6 is 0 Å². The quantitative estimate of drug-likeness (QED) is 0.110. The number of aryl methyl sites for hydroxylation is 1. The third-order valence-corrected chi connectivity index (χ3v) is 8.04. The van der Waals surface area contributed by atoms with Gasteiger partial charge in [0, 0.05) is 6.42 Å². The standard InChI is InChI=1S/C35H58O4/c1-30(29-31(2)35(36)37)21-17-15-13-11-9-7-5-3-4-6-8-10-12-14-16-18-22-32-24-26-33(27-25-32)39-34-23-19-20-28-38-34/h24-27,29,31,34H,3-23,28H2,1-2H3,(H,36,37)/b30-29+/t31-,34?/m1/s1. The molecule has 2 atom stereocenters. The zero-order valence-electron chi connectivity index (χ0n) is 25.3. The minimum absolute atomic E-state index is 0.0569. The first kappa shape index (κ1) is 33.4. The fourth-order valence-electron chi connectivity index (χ4n) is 5.48. The van der Waals surface area contributed by atoms with E-state index in [0.29, 0.717) is 0 Å². The van der Waals surface area contributed by atoms with Crippen LogP contribution in [-0.2, 0) is 16.0 Å². The minimum Gasteiger partial charge on any atom is -0.481 e. The van der Waals surface area contributed by atoms with Crippen molar-refractivity contribution in [3.63, 3.8) is 0 Å². The van der Waals surface area contributed by atoms with Crippen molar-refractivity contribution in [1.82, 2.24) is 0 Å². The Labute approximate surface area is 240 Å². The molecule has 0 spiro atoms. The maximum atomic E-state index is 10.9. The van der Waals surface area contributed by atoms with Crippen molar-refractivity contribution in [2.45, 2.75) is 155 Å². The number of unbranched alkanes of at least 4 members (excludes halogenated alkanes) is 15. The van der Waals surface area contributed by atoms with Crippen LogP contribution in [0.2, 0.25) is 0 Å². The number of carboxylic acid groups (broad SMARTS) is 1. The molecule has 1 aromatic rings. The first-order valence-corrected chi connectivity index (χ1v) is 16.3. The summed E-state index contributed by atoms with van der Waals surface area (Å²) in [6.45, 7) is 4.64. The van der Waals surface area contributed by atoms with Gasteiger partial charge in [-0.05, 0) is 70.1 Å². The van der Waals surface area contributed by atoms with Gasteiger partial charge in [0.05, 0.1) is 12.5 Å².